The van der Waals surface area contributed by atoms with Crippen molar-refractivity contribution in [1.82, 2.24) is 15.1 Å². The van der Waals surface area contributed by atoms with Crippen LogP contribution >= 0.6 is 11.6 Å². The maximum absolute atomic E-state index is 11.6. The Kier molecular flexibility index (Phi) is 4.49. The number of carboxylic acid groups (broad SMARTS) is 1. The molecule has 122 valence electrons. The van der Waals surface area contributed by atoms with Gasteiger partial charge in [0.25, 0.3) is 0 Å². The topological polar surface area (TPSA) is 88.7 Å². The van der Waals surface area contributed by atoms with Crippen molar-refractivity contribution in [3.63, 3.8) is 0 Å². The van der Waals surface area contributed by atoms with E-state index in [9.17, 15) is 9.90 Å². The number of aryl methyl sites for hydroxylation is 1. The molecule has 1 N–H and O–H groups in total. The summed E-state index contributed by atoms with van der Waals surface area (Å²) >= 11 is 5.87. The minimum absolute atomic E-state index is 0.162. The smallest absolute Gasteiger partial charge is 0.407 e. The van der Waals surface area contributed by atoms with E-state index in [0.29, 0.717) is 23.2 Å². The van der Waals surface area contributed by atoms with Gasteiger partial charge >= 0.3 is 6.09 Å². The Balaban J connectivity index is 1.72. The minimum atomic E-state index is -0.992. The summed E-state index contributed by atoms with van der Waals surface area (Å²) in [5, 5.41) is 17.8. The second-order valence-corrected chi connectivity index (χ2v) is 5.84. The van der Waals surface area contributed by atoms with Crippen LogP contribution in [0.15, 0.2) is 28.7 Å². The van der Waals surface area contributed by atoms with Crippen LogP contribution in [0, 0.1) is 6.92 Å². The fourth-order valence-corrected chi connectivity index (χ4v) is 2.71. The van der Waals surface area contributed by atoms with Crippen molar-refractivity contribution in [2.45, 2.75) is 25.5 Å². The normalized spacial score (nSPS) is 21.4. The van der Waals surface area contributed by atoms with Crippen LogP contribution in [0.4, 0.5) is 4.79 Å². The predicted octanol–water partition coefficient (Wildman–Crippen LogP) is 2.69. The average Bonchev–Trinajstić information content (AvgIpc) is 2.96. The van der Waals surface area contributed by atoms with Crippen molar-refractivity contribution in [2.24, 2.45) is 0 Å². The summed E-state index contributed by atoms with van der Waals surface area (Å²) in [6.07, 6.45) is -0.971. The summed E-state index contributed by atoms with van der Waals surface area (Å²) < 4.78 is 11.1. The lowest BCUT2D eigenvalue weighted by Gasteiger charge is -2.36. The van der Waals surface area contributed by atoms with Gasteiger partial charge in [0.15, 0.2) is 6.10 Å². The Morgan fingerprint density at radius 1 is 1.39 bits per heavy atom. The standard InChI is InChI=1S/C15H16ClN3O4/c1-9-17-18-14(23-9)13-7-19(15(20)21)12(8-22-13)6-10-2-4-11(16)5-3-10/h2-5,12-13H,6-8H2,1H3,(H,20,21)/t12-,13+/m0/s1. The Morgan fingerprint density at radius 3 is 2.74 bits per heavy atom. The predicted molar refractivity (Wildman–Crippen MR) is 81.4 cm³/mol. The molecule has 1 amide bonds. The molecule has 0 unspecified atom stereocenters. The first kappa shape index (κ1) is 15.8. The van der Waals surface area contributed by atoms with Gasteiger partial charge in [0.05, 0.1) is 19.2 Å². The van der Waals surface area contributed by atoms with E-state index in [2.05, 4.69) is 10.2 Å². The number of ether oxygens (including phenoxy) is 1. The third-order valence-corrected chi connectivity index (χ3v) is 3.99. The second kappa shape index (κ2) is 6.55. The van der Waals surface area contributed by atoms with Gasteiger partial charge in [-0.15, -0.1) is 10.2 Å². The molecular weight excluding hydrogens is 322 g/mol. The lowest BCUT2D eigenvalue weighted by atomic mass is 10.0. The monoisotopic (exact) mass is 337 g/mol. The molecule has 0 bridgehead atoms. The molecule has 0 spiro atoms. The maximum Gasteiger partial charge on any atom is 0.407 e. The van der Waals surface area contributed by atoms with Crippen LogP contribution in [0.3, 0.4) is 0 Å². The van der Waals surface area contributed by atoms with Gasteiger partial charge in [-0.3, -0.25) is 4.90 Å². The molecule has 1 saturated heterocycles. The molecule has 7 nitrogen and oxygen atoms in total. The number of amides is 1. The molecule has 23 heavy (non-hydrogen) atoms. The fraction of sp³-hybridized carbons (Fsp3) is 0.400. The van der Waals surface area contributed by atoms with E-state index < -0.39 is 12.2 Å². The molecule has 2 aromatic rings. The second-order valence-electron chi connectivity index (χ2n) is 5.40. The zero-order valence-electron chi connectivity index (χ0n) is 12.5. The van der Waals surface area contributed by atoms with Gasteiger partial charge in [-0.25, -0.2) is 4.79 Å². The van der Waals surface area contributed by atoms with Gasteiger partial charge in [0, 0.05) is 11.9 Å². The first-order chi connectivity index (χ1) is 11.0. The van der Waals surface area contributed by atoms with Gasteiger partial charge in [-0.05, 0) is 24.1 Å². The molecule has 1 fully saturated rings. The summed E-state index contributed by atoms with van der Waals surface area (Å²) in [5.41, 5.74) is 1.00. The van der Waals surface area contributed by atoms with Gasteiger partial charge in [-0.2, -0.15) is 0 Å². The fourth-order valence-electron chi connectivity index (χ4n) is 2.58. The number of hydrogen-bond acceptors (Lipinski definition) is 5. The number of benzene rings is 1. The zero-order valence-corrected chi connectivity index (χ0v) is 13.2. The Labute approximate surface area is 137 Å². The van der Waals surface area contributed by atoms with Crippen molar-refractivity contribution in [3.05, 3.63) is 46.6 Å². The number of carbonyl (C=O) groups is 1. The Bertz CT molecular complexity index is 688. The average molecular weight is 338 g/mol. The number of rotatable bonds is 3. The Morgan fingerprint density at radius 2 is 2.13 bits per heavy atom. The van der Waals surface area contributed by atoms with Crippen molar-refractivity contribution >= 4 is 17.7 Å². The molecular formula is C15H16ClN3O4. The Hall–Kier alpha value is -2.12. The number of morpholine rings is 1. The van der Waals surface area contributed by atoms with E-state index in [-0.39, 0.29) is 19.2 Å². The zero-order chi connectivity index (χ0) is 16.4. The first-order valence-electron chi connectivity index (χ1n) is 7.18. The highest BCUT2D eigenvalue weighted by Crippen LogP contribution is 2.26. The van der Waals surface area contributed by atoms with Gasteiger partial charge in [0.2, 0.25) is 11.8 Å². The molecule has 0 radical (unpaired) electrons. The van der Waals surface area contributed by atoms with Crippen molar-refractivity contribution in [1.29, 1.82) is 0 Å². The molecule has 0 saturated carbocycles. The van der Waals surface area contributed by atoms with E-state index in [1.807, 2.05) is 12.1 Å². The molecule has 1 aliphatic rings. The van der Waals surface area contributed by atoms with Crippen LogP contribution in [0.1, 0.15) is 23.4 Å². The van der Waals surface area contributed by atoms with E-state index >= 15 is 0 Å². The molecule has 3 rings (SSSR count). The van der Waals surface area contributed by atoms with Crippen molar-refractivity contribution < 1.29 is 19.1 Å². The van der Waals surface area contributed by atoms with Crippen LogP contribution in [-0.2, 0) is 11.2 Å². The lowest BCUT2D eigenvalue weighted by molar-refractivity contribution is -0.0657. The van der Waals surface area contributed by atoms with Crippen molar-refractivity contribution in [2.75, 3.05) is 13.2 Å². The summed E-state index contributed by atoms with van der Waals surface area (Å²) in [6, 6.07) is 7.07. The molecule has 2 atom stereocenters. The quantitative estimate of drug-likeness (QED) is 0.926. The van der Waals surface area contributed by atoms with E-state index in [1.54, 1.807) is 19.1 Å². The van der Waals surface area contributed by atoms with Crippen LogP contribution in [0.2, 0.25) is 5.02 Å². The van der Waals surface area contributed by atoms with Crippen LogP contribution in [0.5, 0.6) is 0 Å². The van der Waals surface area contributed by atoms with Crippen LogP contribution < -0.4 is 0 Å². The third kappa shape index (κ3) is 3.62. The summed E-state index contributed by atoms with van der Waals surface area (Å²) in [6.45, 7) is 2.11. The van der Waals surface area contributed by atoms with Gasteiger partial charge in [-0.1, -0.05) is 23.7 Å². The highest BCUT2D eigenvalue weighted by molar-refractivity contribution is 6.30. The highest BCUT2D eigenvalue weighted by Gasteiger charge is 2.35. The minimum Gasteiger partial charge on any atom is -0.465 e. The SMILES string of the molecule is Cc1nnc([C@H]2CN(C(=O)O)[C@@H](Cc3ccc(Cl)cc3)CO2)o1. The van der Waals surface area contributed by atoms with E-state index in [1.165, 1.54) is 4.90 Å². The molecule has 1 aromatic carbocycles. The number of nitrogens with zero attached hydrogens (tertiary/aromatic N) is 3. The van der Waals surface area contributed by atoms with Gasteiger partial charge in [0.1, 0.15) is 0 Å². The third-order valence-electron chi connectivity index (χ3n) is 3.74. The van der Waals surface area contributed by atoms with Gasteiger partial charge < -0.3 is 14.3 Å². The summed E-state index contributed by atoms with van der Waals surface area (Å²) in [4.78, 5) is 12.9. The summed E-state index contributed by atoms with van der Waals surface area (Å²) in [7, 11) is 0. The molecule has 8 heteroatoms. The van der Waals surface area contributed by atoms with E-state index in [0.717, 1.165) is 5.56 Å². The molecule has 1 aliphatic heterocycles. The highest BCUT2D eigenvalue weighted by atomic mass is 35.5. The first-order valence-corrected chi connectivity index (χ1v) is 7.56. The van der Waals surface area contributed by atoms with Crippen molar-refractivity contribution in [3.8, 4) is 0 Å². The van der Waals surface area contributed by atoms with E-state index in [4.69, 9.17) is 20.8 Å². The summed E-state index contributed by atoms with van der Waals surface area (Å²) in [5.74, 6) is 0.729. The molecule has 0 aliphatic carbocycles. The molecule has 2 heterocycles. The molecule has 1 aromatic heterocycles. The lowest BCUT2D eigenvalue weighted by Crippen LogP contribution is -2.50. The van der Waals surface area contributed by atoms with Crippen LogP contribution in [0.25, 0.3) is 0 Å². The largest absolute Gasteiger partial charge is 0.465 e. The number of aromatic nitrogens is 2. The maximum atomic E-state index is 11.6. The number of halogens is 1. The number of hydrogen-bond donors (Lipinski definition) is 1. The van der Waals surface area contributed by atoms with Crippen LogP contribution in [-0.4, -0.2) is 45.5 Å².